The van der Waals surface area contributed by atoms with Crippen LogP contribution < -0.4 is 10.9 Å². The third-order valence-corrected chi connectivity index (χ3v) is 5.87. The van der Waals surface area contributed by atoms with E-state index < -0.39 is 0 Å². The summed E-state index contributed by atoms with van der Waals surface area (Å²) in [4.78, 5) is 31.9. The van der Waals surface area contributed by atoms with Crippen LogP contribution in [0.5, 0.6) is 0 Å². The standard InChI is InChI=1S/C22H16ClN3O2S/c1-13-11-20(28)26-22(24-13)14-5-4-6-15(12-14)25-19(27)10-9-18-21(23)16-7-2-3-8-17(16)29-18/h2-12H,1H3,(H,25,27)(H,24,26,28). The van der Waals surface area contributed by atoms with Crippen molar-refractivity contribution in [3.63, 3.8) is 0 Å². The Morgan fingerprint density at radius 1 is 1.17 bits per heavy atom. The number of H-pyrrole nitrogens is 1. The Kier molecular flexibility index (Phi) is 5.29. The number of aromatic nitrogens is 2. The summed E-state index contributed by atoms with van der Waals surface area (Å²) >= 11 is 7.94. The normalized spacial score (nSPS) is 11.2. The van der Waals surface area contributed by atoms with E-state index in [4.69, 9.17) is 11.6 Å². The molecule has 2 N–H and O–H groups in total. The summed E-state index contributed by atoms with van der Waals surface area (Å²) < 4.78 is 1.07. The highest BCUT2D eigenvalue weighted by atomic mass is 35.5. The van der Waals surface area contributed by atoms with Gasteiger partial charge in [-0.15, -0.1) is 11.3 Å². The van der Waals surface area contributed by atoms with Gasteiger partial charge in [-0.05, 0) is 31.2 Å². The number of aryl methyl sites for hydroxylation is 1. The molecule has 0 fully saturated rings. The molecule has 0 spiro atoms. The van der Waals surface area contributed by atoms with Crippen molar-refractivity contribution in [1.29, 1.82) is 0 Å². The van der Waals surface area contributed by atoms with Crippen molar-refractivity contribution in [3.8, 4) is 11.4 Å². The molecule has 1 amide bonds. The maximum atomic E-state index is 12.4. The third kappa shape index (κ3) is 4.29. The lowest BCUT2D eigenvalue weighted by atomic mass is 10.2. The fourth-order valence-corrected chi connectivity index (χ4v) is 4.33. The monoisotopic (exact) mass is 421 g/mol. The van der Waals surface area contributed by atoms with Gasteiger partial charge in [0, 0.05) is 44.1 Å². The van der Waals surface area contributed by atoms with Gasteiger partial charge in [0.25, 0.3) is 5.56 Å². The second kappa shape index (κ2) is 8.03. The fourth-order valence-electron chi connectivity index (χ4n) is 2.94. The highest BCUT2D eigenvalue weighted by Gasteiger charge is 2.08. The Morgan fingerprint density at radius 3 is 2.79 bits per heavy atom. The average molecular weight is 422 g/mol. The number of rotatable bonds is 4. The lowest BCUT2D eigenvalue weighted by molar-refractivity contribution is -0.111. The molecular formula is C22H16ClN3O2S. The lowest BCUT2D eigenvalue weighted by Crippen LogP contribution is -2.10. The maximum absolute atomic E-state index is 12.4. The smallest absolute Gasteiger partial charge is 0.251 e. The van der Waals surface area contributed by atoms with E-state index >= 15 is 0 Å². The van der Waals surface area contributed by atoms with Crippen LogP contribution in [0.1, 0.15) is 10.6 Å². The highest BCUT2D eigenvalue weighted by molar-refractivity contribution is 7.20. The molecule has 29 heavy (non-hydrogen) atoms. The molecule has 4 rings (SSSR count). The number of nitrogens with zero attached hydrogens (tertiary/aromatic N) is 1. The summed E-state index contributed by atoms with van der Waals surface area (Å²) in [6.07, 6.45) is 3.17. The zero-order chi connectivity index (χ0) is 20.4. The summed E-state index contributed by atoms with van der Waals surface area (Å²) in [5.74, 6) is 0.181. The van der Waals surface area contributed by atoms with Crippen LogP contribution in [0, 0.1) is 6.92 Å². The number of carbonyl (C=O) groups is 1. The Balaban J connectivity index is 1.53. The molecule has 0 bridgehead atoms. The van der Waals surface area contributed by atoms with Gasteiger partial charge in [-0.1, -0.05) is 41.9 Å². The van der Waals surface area contributed by atoms with E-state index in [9.17, 15) is 9.59 Å². The molecule has 0 aliphatic carbocycles. The lowest BCUT2D eigenvalue weighted by Gasteiger charge is -2.06. The highest BCUT2D eigenvalue weighted by Crippen LogP contribution is 2.35. The molecule has 0 aliphatic heterocycles. The van der Waals surface area contributed by atoms with E-state index in [1.54, 1.807) is 31.2 Å². The topological polar surface area (TPSA) is 74.8 Å². The van der Waals surface area contributed by atoms with Gasteiger partial charge in [-0.3, -0.25) is 9.59 Å². The molecular weight excluding hydrogens is 406 g/mol. The zero-order valence-electron chi connectivity index (χ0n) is 15.4. The quantitative estimate of drug-likeness (QED) is 0.441. The van der Waals surface area contributed by atoms with Crippen LogP contribution in [0.25, 0.3) is 27.6 Å². The summed E-state index contributed by atoms with van der Waals surface area (Å²) in [7, 11) is 0. The number of hydrogen-bond acceptors (Lipinski definition) is 4. The maximum Gasteiger partial charge on any atom is 0.251 e. The number of fused-ring (bicyclic) bond motifs is 1. The van der Waals surface area contributed by atoms with Gasteiger partial charge in [0.2, 0.25) is 5.91 Å². The first kappa shape index (κ1) is 19.1. The van der Waals surface area contributed by atoms with Gasteiger partial charge < -0.3 is 10.3 Å². The zero-order valence-corrected chi connectivity index (χ0v) is 17.0. The van der Waals surface area contributed by atoms with Crippen molar-refractivity contribution in [2.45, 2.75) is 6.92 Å². The minimum Gasteiger partial charge on any atom is -0.322 e. The van der Waals surface area contributed by atoms with Crippen molar-refractivity contribution in [2.75, 3.05) is 5.32 Å². The van der Waals surface area contributed by atoms with Gasteiger partial charge in [-0.2, -0.15) is 0 Å². The van der Waals surface area contributed by atoms with E-state index in [1.165, 1.54) is 23.5 Å². The summed E-state index contributed by atoms with van der Waals surface area (Å²) in [6.45, 7) is 1.76. The van der Waals surface area contributed by atoms with E-state index in [1.807, 2.05) is 30.3 Å². The van der Waals surface area contributed by atoms with Gasteiger partial charge in [0.05, 0.1) is 5.02 Å². The summed E-state index contributed by atoms with van der Waals surface area (Å²) in [5.41, 5.74) is 1.72. The number of carbonyl (C=O) groups excluding carboxylic acids is 1. The first-order valence-electron chi connectivity index (χ1n) is 8.84. The van der Waals surface area contributed by atoms with Crippen LogP contribution in [0.15, 0.2) is 65.5 Å². The summed E-state index contributed by atoms with van der Waals surface area (Å²) in [5, 5.41) is 4.44. The molecule has 0 unspecified atom stereocenters. The molecule has 0 radical (unpaired) electrons. The van der Waals surface area contributed by atoms with Crippen LogP contribution in [0.4, 0.5) is 5.69 Å². The Hall–Kier alpha value is -3.22. The van der Waals surface area contributed by atoms with Crippen LogP contribution in [0.2, 0.25) is 5.02 Å². The Bertz CT molecular complexity index is 1310. The fraction of sp³-hybridized carbons (Fsp3) is 0.0455. The third-order valence-electron chi connectivity index (χ3n) is 4.22. The second-order valence-corrected chi connectivity index (χ2v) is 7.88. The predicted molar refractivity (Wildman–Crippen MR) is 120 cm³/mol. The molecule has 0 saturated carbocycles. The number of thiophene rings is 1. The average Bonchev–Trinajstić information content (AvgIpc) is 3.02. The minimum atomic E-state index is -0.277. The van der Waals surface area contributed by atoms with Crippen molar-refractivity contribution >= 4 is 50.7 Å². The number of hydrogen-bond donors (Lipinski definition) is 2. The number of nitrogens with one attached hydrogen (secondary N) is 2. The molecule has 2 aromatic heterocycles. The molecule has 4 aromatic rings. The van der Waals surface area contributed by atoms with Crippen molar-refractivity contribution in [2.24, 2.45) is 0 Å². The van der Waals surface area contributed by atoms with E-state index in [0.29, 0.717) is 27.8 Å². The second-order valence-electron chi connectivity index (χ2n) is 6.42. The van der Waals surface area contributed by atoms with Gasteiger partial charge in [0.1, 0.15) is 5.82 Å². The predicted octanol–water partition coefficient (Wildman–Crippen LogP) is 5.27. The van der Waals surface area contributed by atoms with Crippen LogP contribution >= 0.6 is 22.9 Å². The molecule has 0 saturated heterocycles. The van der Waals surface area contributed by atoms with E-state index in [2.05, 4.69) is 15.3 Å². The van der Waals surface area contributed by atoms with Crippen molar-refractivity contribution < 1.29 is 4.79 Å². The largest absolute Gasteiger partial charge is 0.322 e. The van der Waals surface area contributed by atoms with Crippen LogP contribution in [-0.4, -0.2) is 15.9 Å². The number of aromatic amines is 1. The number of amides is 1. The van der Waals surface area contributed by atoms with Gasteiger partial charge in [0.15, 0.2) is 0 Å². The number of halogens is 1. The number of benzene rings is 2. The van der Waals surface area contributed by atoms with E-state index in [-0.39, 0.29) is 11.5 Å². The SMILES string of the molecule is Cc1cc(=O)[nH]c(-c2cccc(NC(=O)C=Cc3sc4ccccc4c3Cl)c2)n1. The van der Waals surface area contributed by atoms with Crippen molar-refractivity contribution in [3.05, 3.63) is 86.6 Å². The molecule has 7 heteroatoms. The summed E-state index contributed by atoms with van der Waals surface area (Å²) in [6, 6.07) is 16.4. The molecule has 2 heterocycles. The molecule has 2 aromatic carbocycles. The Morgan fingerprint density at radius 2 is 2.00 bits per heavy atom. The first-order valence-corrected chi connectivity index (χ1v) is 10.0. The first-order chi connectivity index (χ1) is 14.0. The van der Waals surface area contributed by atoms with Crippen LogP contribution in [-0.2, 0) is 4.79 Å². The molecule has 5 nitrogen and oxygen atoms in total. The van der Waals surface area contributed by atoms with Crippen LogP contribution in [0.3, 0.4) is 0 Å². The number of anilines is 1. The Labute approximate surface area is 175 Å². The van der Waals surface area contributed by atoms with E-state index in [0.717, 1.165) is 15.0 Å². The van der Waals surface area contributed by atoms with Gasteiger partial charge >= 0.3 is 0 Å². The van der Waals surface area contributed by atoms with Gasteiger partial charge in [-0.25, -0.2) is 4.98 Å². The molecule has 144 valence electrons. The van der Waals surface area contributed by atoms with Crippen molar-refractivity contribution in [1.82, 2.24) is 9.97 Å². The molecule has 0 atom stereocenters. The minimum absolute atomic E-state index is 0.218. The molecule has 0 aliphatic rings.